The van der Waals surface area contributed by atoms with E-state index in [1.165, 1.54) is 6.20 Å². The fourth-order valence-corrected chi connectivity index (χ4v) is 3.81. The van der Waals surface area contributed by atoms with E-state index in [4.69, 9.17) is 4.74 Å². The third-order valence-corrected chi connectivity index (χ3v) is 5.68. The smallest absolute Gasteiger partial charge is 0.329 e. The third kappa shape index (κ3) is 4.48. The molecule has 1 unspecified atom stereocenters. The van der Waals surface area contributed by atoms with Crippen molar-refractivity contribution in [1.82, 2.24) is 9.88 Å². The van der Waals surface area contributed by atoms with Crippen LogP contribution < -0.4 is 0 Å². The maximum Gasteiger partial charge on any atom is 0.329 e. The number of aryl methyl sites for hydroxylation is 1. The van der Waals surface area contributed by atoms with Crippen LogP contribution in [0.4, 0.5) is 0 Å². The average molecular weight is 396 g/mol. The van der Waals surface area contributed by atoms with Gasteiger partial charge in [0.05, 0.1) is 6.10 Å². The Morgan fingerprint density at radius 2 is 1.97 bits per heavy atom. The summed E-state index contributed by atoms with van der Waals surface area (Å²) in [5.41, 5.74) is 2.43. The SMILES string of the molecule is Cc1cc(C(=O)N2[C@@H](C(=O)OCc3ccccc3)C[C@@H](C)[C@H]2C)c(C(C)O)cn1. The van der Waals surface area contributed by atoms with E-state index in [1.54, 1.807) is 24.8 Å². The first-order valence-electron chi connectivity index (χ1n) is 9.97. The summed E-state index contributed by atoms with van der Waals surface area (Å²) in [5, 5.41) is 10.1. The molecular formula is C23H28N2O4. The molecule has 1 aromatic carbocycles. The predicted octanol–water partition coefficient (Wildman–Crippen LogP) is 3.43. The molecule has 0 spiro atoms. The van der Waals surface area contributed by atoms with E-state index in [-0.39, 0.29) is 24.5 Å². The highest BCUT2D eigenvalue weighted by molar-refractivity contribution is 5.98. The van der Waals surface area contributed by atoms with E-state index >= 15 is 0 Å². The van der Waals surface area contributed by atoms with Crippen molar-refractivity contribution >= 4 is 11.9 Å². The summed E-state index contributed by atoms with van der Waals surface area (Å²) in [6, 6.07) is 10.4. The number of aromatic nitrogens is 1. The average Bonchev–Trinajstić information content (AvgIpc) is 3.00. The molecule has 0 aliphatic carbocycles. The third-order valence-electron chi connectivity index (χ3n) is 5.68. The van der Waals surface area contributed by atoms with Crippen molar-refractivity contribution in [2.24, 2.45) is 5.92 Å². The van der Waals surface area contributed by atoms with Gasteiger partial charge in [-0.15, -0.1) is 0 Å². The summed E-state index contributed by atoms with van der Waals surface area (Å²) < 4.78 is 5.53. The van der Waals surface area contributed by atoms with Crippen LogP contribution in [0, 0.1) is 12.8 Å². The maximum absolute atomic E-state index is 13.4. The van der Waals surface area contributed by atoms with Crippen LogP contribution in [0.5, 0.6) is 0 Å². The van der Waals surface area contributed by atoms with Gasteiger partial charge in [-0.1, -0.05) is 37.3 Å². The van der Waals surface area contributed by atoms with Gasteiger partial charge in [-0.05, 0) is 44.7 Å². The molecule has 3 rings (SSSR count). The molecule has 154 valence electrons. The molecule has 0 saturated carbocycles. The molecule has 2 aromatic rings. The quantitative estimate of drug-likeness (QED) is 0.784. The van der Waals surface area contributed by atoms with Gasteiger partial charge in [0.25, 0.3) is 5.91 Å². The second kappa shape index (κ2) is 8.74. The number of hydrogen-bond donors (Lipinski definition) is 1. The molecule has 6 nitrogen and oxygen atoms in total. The van der Waals surface area contributed by atoms with Gasteiger partial charge >= 0.3 is 5.97 Å². The van der Waals surface area contributed by atoms with Crippen molar-refractivity contribution in [2.45, 2.75) is 58.9 Å². The molecule has 1 aliphatic rings. The number of hydrogen-bond acceptors (Lipinski definition) is 5. The molecule has 6 heteroatoms. The number of aliphatic hydroxyl groups is 1. The molecule has 1 aliphatic heterocycles. The Bertz CT molecular complexity index is 882. The Hall–Kier alpha value is -2.73. The summed E-state index contributed by atoms with van der Waals surface area (Å²) in [6.45, 7) is 7.55. The van der Waals surface area contributed by atoms with E-state index in [2.05, 4.69) is 4.98 Å². The standard InChI is InChI=1S/C23H28N2O4/c1-14-10-21(23(28)29-13-18-8-6-5-7-9-18)25(16(14)3)22(27)19-11-15(2)24-12-20(19)17(4)26/h5-9,11-12,14,16-17,21,26H,10,13H2,1-4H3/t14-,16-,17?,21-/m1/s1. The van der Waals surface area contributed by atoms with E-state index in [9.17, 15) is 14.7 Å². The number of carbonyl (C=O) groups excluding carboxylic acids is 2. The number of benzene rings is 1. The lowest BCUT2D eigenvalue weighted by molar-refractivity contribution is -0.149. The highest BCUT2D eigenvalue weighted by atomic mass is 16.5. The summed E-state index contributed by atoms with van der Waals surface area (Å²) >= 11 is 0. The minimum absolute atomic E-state index is 0.118. The molecule has 4 atom stereocenters. The number of likely N-dealkylation sites (tertiary alicyclic amines) is 1. The van der Waals surface area contributed by atoms with Crippen molar-refractivity contribution in [3.63, 3.8) is 0 Å². The normalized spacial score (nSPS) is 22.4. The molecular weight excluding hydrogens is 368 g/mol. The molecule has 0 radical (unpaired) electrons. The molecule has 1 fully saturated rings. The van der Waals surface area contributed by atoms with Crippen molar-refractivity contribution in [1.29, 1.82) is 0 Å². The van der Waals surface area contributed by atoms with E-state index in [1.807, 2.05) is 44.2 Å². The van der Waals surface area contributed by atoms with E-state index in [0.29, 0.717) is 23.2 Å². The summed E-state index contributed by atoms with van der Waals surface area (Å²) in [5.74, 6) is -0.515. The lowest BCUT2D eigenvalue weighted by Gasteiger charge is -2.29. The summed E-state index contributed by atoms with van der Waals surface area (Å²) in [6.07, 6.45) is 1.25. The number of amides is 1. The van der Waals surface area contributed by atoms with E-state index < -0.39 is 18.1 Å². The van der Waals surface area contributed by atoms with Crippen LogP contribution >= 0.6 is 0 Å². The number of carbonyl (C=O) groups is 2. The van der Waals surface area contributed by atoms with Gasteiger partial charge in [0.2, 0.25) is 0 Å². The van der Waals surface area contributed by atoms with Gasteiger partial charge < -0.3 is 14.7 Å². The molecule has 29 heavy (non-hydrogen) atoms. The first-order chi connectivity index (χ1) is 13.8. The topological polar surface area (TPSA) is 79.7 Å². The van der Waals surface area contributed by atoms with E-state index in [0.717, 1.165) is 5.56 Å². The number of aliphatic hydroxyl groups excluding tert-OH is 1. The molecule has 1 aromatic heterocycles. The van der Waals surface area contributed by atoms with Crippen molar-refractivity contribution in [2.75, 3.05) is 0 Å². The van der Waals surface area contributed by atoms with Gasteiger partial charge in [-0.25, -0.2) is 4.79 Å². The Morgan fingerprint density at radius 1 is 1.28 bits per heavy atom. The number of nitrogens with zero attached hydrogens (tertiary/aromatic N) is 2. The number of ether oxygens (including phenoxy) is 1. The molecule has 0 bridgehead atoms. The minimum atomic E-state index is -0.833. The van der Waals surface area contributed by atoms with Gasteiger partial charge in [-0.2, -0.15) is 0 Å². The van der Waals surface area contributed by atoms with Gasteiger partial charge in [0.1, 0.15) is 12.6 Å². The van der Waals surface area contributed by atoms with Crippen molar-refractivity contribution in [3.8, 4) is 0 Å². The molecule has 1 N–H and O–H groups in total. The molecule has 1 amide bonds. The van der Waals surface area contributed by atoms with Gasteiger partial charge in [0.15, 0.2) is 0 Å². The zero-order chi connectivity index (χ0) is 21.1. The lowest BCUT2D eigenvalue weighted by atomic mass is 10.0. The Balaban J connectivity index is 1.85. The van der Waals surface area contributed by atoms with Crippen LogP contribution in [0.25, 0.3) is 0 Å². The summed E-state index contributed by atoms with van der Waals surface area (Å²) in [4.78, 5) is 32.1. The van der Waals surface area contributed by atoms with Crippen molar-refractivity contribution in [3.05, 3.63) is 65.0 Å². The maximum atomic E-state index is 13.4. The fraction of sp³-hybridized carbons (Fsp3) is 0.435. The first kappa shape index (κ1) is 21.0. The lowest BCUT2D eigenvalue weighted by Crippen LogP contribution is -2.45. The van der Waals surface area contributed by atoms with Crippen molar-refractivity contribution < 1.29 is 19.4 Å². The highest BCUT2D eigenvalue weighted by Gasteiger charge is 2.44. The van der Waals surface area contributed by atoms with Crippen LogP contribution in [0.2, 0.25) is 0 Å². The fourth-order valence-electron chi connectivity index (χ4n) is 3.81. The second-order valence-corrected chi connectivity index (χ2v) is 7.86. The Morgan fingerprint density at radius 3 is 2.62 bits per heavy atom. The number of pyridine rings is 1. The second-order valence-electron chi connectivity index (χ2n) is 7.86. The summed E-state index contributed by atoms with van der Waals surface area (Å²) in [7, 11) is 0. The number of esters is 1. The molecule has 1 saturated heterocycles. The zero-order valence-electron chi connectivity index (χ0n) is 17.3. The Labute approximate surface area is 171 Å². The highest BCUT2D eigenvalue weighted by Crippen LogP contribution is 2.33. The van der Waals surface area contributed by atoms with Crippen LogP contribution in [0.1, 0.15) is 60.5 Å². The van der Waals surface area contributed by atoms with Gasteiger partial charge in [0, 0.05) is 29.1 Å². The van der Waals surface area contributed by atoms with Crippen LogP contribution in [0.15, 0.2) is 42.6 Å². The van der Waals surface area contributed by atoms with Gasteiger partial charge in [-0.3, -0.25) is 9.78 Å². The predicted molar refractivity (Wildman–Crippen MR) is 109 cm³/mol. The largest absolute Gasteiger partial charge is 0.459 e. The van der Waals surface area contributed by atoms with Crippen LogP contribution in [0.3, 0.4) is 0 Å². The Kier molecular flexibility index (Phi) is 6.33. The van der Waals surface area contributed by atoms with Crippen LogP contribution in [-0.4, -0.2) is 39.0 Å². The number of rotatable bonds is 5. The zero-order valence-corrected chi connectivity index (χ0v) is 17.3. The molecule has 2 heterocycles. The monoisotopic (exact) mass is 396 g/mol. The first-order valence-corrected chi connectivity index (χ1v) is 9.97. The minimum Gasteiger partial charge on any atom is -0.459 e. The van der Waals surface area contributed by atoms with Crippen LogP contribution in [-0.2, 0) is 16.1 Å².